The van der Waals surface area contributed by atoms with Gasteiger partial charge >= 0.3 is 0 Å². The summed E-state index contributed by atoms with van der Waals surface area (Å²) < 4.78 is 11.1. The van der Waals surface area contributed by atoms with E-state index in [-0.39, 0.29) is 11.9 Å². The zero-order chi connectivity index (χ0) is 19.8. The highest BCUT2D eigenvalue weighted by atomic mass is 16.5. The summed E-state index contributed by atoms with van der Waals surface area (Å²) in [5.41, 5.74) is 5.89. The number of nitrogens with one attached hydrogen (secondary N) is 2. The van der Waals surface area contributed by atoms with Gasteiger partial charge in [0.1, 0.15) is 11.5 Å². The number of carbonyl (C=O) groups excluding carboxylic acids is 1. The van der Waals surface area contributed by atoms with Crippen LogP contribution in [0, 0.1) is 0 Å². The van der Waals surface area contributed by atoms with Gasteiger partial charge in [-0.05, 0) is 54.7 Å². The van der Waals surface area contributed by atoms with Crippen molar-refractivity contribution in [2.45, 2.75) is 31.7 Å². The molecule has 5 rings (SSSR count). The third-order valence-corrected chi connectivity index (χ3v) is 5.80. The van der Waals surface area contributed by atoms with Crippen molar-refractivity contribution in [2.24, 2.45) is 0 Å². The Balaban J connectivity index is 1.42. The number of aryl methyl sites for hydroxylation is 1. The summed E-state index contributed by atoms with van der Waals surface area (Å²) in [6, 6.07) is 14.0. The van der Waals surface area contributed by atoms with Crippen LogP contribution in [0.15, 0.2) is 42.5 Å². The van der Waals surface area contributed by atoms with Gasteiger partial charge in [-0.25, -0.2) is 0 Å². The summed E-state index contributed by atoms with van der Waals surface area (Å²) in [7, 11) is 1.66. The van der Waals surface area contributed by atoms with Gasteiger partial charge in [-0.2, -0.15) is 5.10 Å². The molecule has 0 saturated heterocycles. The summed E-state index contributed by atoms with van der Waals surface area (Å²) in [5, 5.41) is 10.5. The van der Waals surface area contributed by atoms with Crippen molar-refractivity contribution in [1.82, 2.24) is 15.5 Å². The molecule has 0 spiro atoms. The Morgan fingerprint density at radius 1 is 1.17 bits per heavy atom. The molecule has 6 nitrogen and oxygen atoms in total. The first kappa shape index (κ1) is 17.8. The predicted octanol–water partition coefficient (Wildman–Crippen LogP) is 3.83. The molecule has 29 heavy (non-hydrogen) atoms. The molecule has 0 saturated carbocycles. The SMILES string of the molecule is COc1ccc(-c2ccc3c(c2)C(NC(=O)c2n[nH]c4c2CCC4)CCO3)cc1. The summed E-state index contributed by atoms with van der Waals surface area (Å²) in [6.45, 7) is 0.582. The zero-order valence-electron chi connectivity index (χ0n) is 16.3. The van der Waals surface area contributed by atoms with Crippen LogP contribution in [0.25, 0.3) is 11.1 Å². The molecular weight excluding hydrogens is 366 g/mol. The smallest absolute Gasteiger partial charge is 0.272 e. The lowest BCUT2D eigenvalue weighted by atomic mass is 9.95. The van der Waals surface area contributed by atoms with E-state index in [1.54, 1.807) is 7.11 Å². The Bertz CT molecular complexity index is 1060. The second-order valence-corrected chi connectivity index (χ2v) is 7.53. The van der Waals surface area contributed by atoms with Gasteiger partial charge in [0.15, 0.2) is 5.69 Å². The number of nitrogens with zero attached hydrogens (tertiary/aromatic N) is 1. The van der Waals surface area contributed by atoms with Crippen molar-refractivity contribution < 1.29 is 14.3 Å². The summed E-state index contributed by atoms with van der Waals surface area (Å²) in [4.78, 5) is 12.9. The molecule has 1 unspecified atom stereocenters. The Morgan fingerprint density at radius 3 is 2.83 bits per heavy atom. The second-order valence-electron chi connectivity index (χ2n) is 7.53. The number of rotatable bonds is 4. The third-order valence-electron chi connectivity index (χ3n) is 5.80. The van der Waals surface area contributed by atoms with Gasteiger partial charge in [0.25, 0.3) is 5.91 Å². The summed E-state index contributed by atoms with van der Waals surface area (Å²) >= 11 is 0. The second kappa shape index (κ2) is 7.28. The molecule has 2 aliphatic rings. The van der Waals surface area contributed by atoms with Crippen molar-refractivity contribution in [3.63, 3.8) is 0 Å². The normalized spacial score (nSPS) is 17.2. The molecule has 1 amide bonds. The topological polar surface area (TPSA) is 76.2 Å². The van der Waals surface area contributed by atoms with E-state index in [4.69, 9.17) is 9.47 Å². The fourth-order valence-electron chi connectivity index (χ4n) is 4.24. The maximum atomic E-state index is 12.9. The third kappa shape index (κ3) is 3.24. The van der Waals surface area contributed by atoms with Crippen LogP contribution in [0.2, 0.25) is 0 Å². The number of hydrogen-bond donors (Lipinski definition) is 2. The van der Waals surface area contributed by atoms with Crippen molar-refractivity contribution in [3.05, 3.63) is 65.0 Å². The van der Waals surface area contributed by atoms with Gasteiger partial charge in [-0.1, -0.05) is 18.2 Å². The highest BCUT2D eigenvalue weighted by Crippen LogP contribution is 2.36. The lowest BCUT2D eigenvalue weighted by molar-refractivity contribution is 0.0919. The minimum Gasteiger partial charge on any atom is -0.497 e. The predicted molar refractivity (Wildman–Crippen MR) is 109 cm³/mol. The van der Waals surface area contributed by atoms with Gasteiger partial charge in [-0.15, -0.1) is 0 Å². The monoisotopic (exact) mass is 389 g/mol. The van der Waals surface area contributed by atoms with E-state index >= 15 is 0 Å². The molecule has 2 aromatic carbocycles. The van der Waals surface area contributed by atoms with E-state index in [2.05, 4.69) is 21.6 Å². The molecule has 6 heteroatoms. The molecule has 1 atom stereocenters. The lowest BCUT2D eigenvalue weighted by Crippen LogP contribution is -2.32. The molecule has 148 valence electrons. The number of fused-ring (bicyclic) bond motifs is 2. The molecule has 2 heterocycles. The van der Waals surface area contributed by atoms with E-state index in [0.29, 0.717) is 12.3 Å². The van der Waals surface area contributed by atoms with Crippen LogP contribution in [0.4, 0.5) is 0 Å². The van der Waals surface area contributed by atoms with Crippen molar-refractivity contribution in [2.75, 3.05) is 13.7 Å². The van der Waals surface area contributed by atoms with Crippen LogP contribution in [0.3, 0.4) is 0 Å². The van der Waals surface area contributed by atoms with Crippen molar-refractivity contribution >= 4 is 5.91 Å². The van der Waals surface area contributed by atoms with E-state index in [1.807, 2.05) is 36.4 Å². The Labute approximate surface area is 169 Å². The maximum Gasteiger partial charge on any atom is 0.272 e. The molecule has 3 aromatic rings. The highest BCUT2D eigenvalue weighted by Gasteiger charge is 2.28. The molecule has 0 radical (unpaired) electrons. The Kier molecular flexibility index (Phi) is 4.46. The van der Waals surface area contributed by atoms with Crippen LogP contribution in [-0.4, -0.2) is 29.8 Å². The summed E-state index contributed by atoms with van der Waals surface area (Å²) in [6.07, 6.45) is 3.70. The number of aromatic nitrogens is 2. The van der Waals surface area contributed by atoms with Crippen molar-refractivity contribution in [1.29, 1.82) is 0 Å². The van der Waals surface area contributed by atoms with E-state index in [0.717, 1.165) is 65.1 Å². The average Bonchev–Trinajstić information content (AvgIpc) is 3.38. The number of benzene rings is 2. The molecule has 1 aliphatic carbocycles. The van der Waals surface area contributed by atoms with Crippen LogP contribution in [0.5, 0.6) is 11.5 Å². The van der Waals surface area contributed by atoms with Gasteiger partial charge < -0.3 is 14.8 Å². The van der Waals surface area contributed by atoms with E-state index < -0.39 is 0 Å². The number of aromatic amines is 1. The van der Waals surface area contributed by atoms with Crippen LogP contribution in [-0.2, 0) is 12.8 Å². The number of amides is 1. The standard InChI is InChI=1S/C23H23N3O3/c1-28-16-8-5-14(6-9-16)15-7-10-21-18(13-15)19(11-12-29-21)24-23(27)22-17-3-2-4-20(17)25-26-22/h5-10,13,19H,2-4,11-12H2,1H3,(H,24,27)(H,25,26). The van der Waals surface area contributed by atoms with Gasteiger partial charge in [0.2, 0.25) is 0 Å². The fourth-order valence-corrected chi connectivity index (χ4v) is 4.24. The highest BCUT2D eigenvalue weighted by molar-refractivity contribution is 5.94. The Morgan fingerprint density at radius 2 is 2.00 bits per heavy atom. The fraction of sp³-hybridized carbons (Fsp3) is 0.304. The van der Waals surface area contributed by atoms with Gasteiger partial charge in [-0.3, -0.25) is 9.89 Å². The van der Waals surface area contributed by atoms with Crippen LogP contribution < -0.4 is 14.8 Å². The molecular formula is C23H23N3O3. The number of hydrogen-bond acceptors (Lipinski definition) is 4. The van der Waals surface area contributed by atoms with Gasteiger partial charge in [0.05, 0.1) is 19.8 Å². The van der Waals surface area contributed by atoms with Gasteiger partial charge in [0, 0.05) is 23.2 Å². The zero-order valence-corrected chi connectivity index (χ0v) is 16.3. The number of ether oxygens (including phenoxy) is 2. The number of methoxy groups -OCH3 is 1. The quantitative estimate of drug-likeness (QED) is 0.711. The molecule has 2 N–H and O–H groups in total. The van der Waals surface area contributed by atoms with Crippen molar-refractivity contribution in [3.8, 4) is 22.6 Å². The average molecular weight is 389 g/mol. The lowest BCUT2D eigenvalue weighted by Gasteiger charge is -2.27. The first-order valence-corrected chi connectivity index (χ1v) is 10.0. The molecule has 0 bridgehead atoms. The maximum absolute atomic E-state index is 12.9. The largest absolute Gasteiger partial charge is 0.497 e. The minimum atomic E-state index is -0.114. The Hall–Kier alpha value is -3.28. The first-order valence-electron chi connectivity index (χ1n) is 10.0. The summed E-state index contributed by atoms with van der Waals surface area (Å²) in [5.74, 6) is 1.54. The molecule has 1 aliphatic heterocycles. The van der Waals surface area contributed by atoms with E-state index in [1.165, 1.54) is 0 Å². The van der Waals surface area contributed by atoms with Crippen LogP contribution >= 0.6 is 0 Å². The number of H-pyrrole nitrogens is 1. The molecule has 0 fully saturated rings. The minimum absolute atomic E-state index is 0.0989. The number of carbonyl (C=O) groups is 1. The van der Waals surface area contributed by atoms with Crippen LogP contribution in [0.1, 0.15) is 46.2 Å². The molecule has 1 aromatic heterocycles. The van der Waals surface area contributed by atoms with E-state index in [9.17, 15) is 4.79 Å². The first-order chi connectivity index (χ1) is 14.2.